The summed E-state index contributed by atoms with van der Waals surface area (Å²) < 4.78 is 11.0. The molecule has 0 fully saturated rings. The van der Waals surface area contributed by atoms with Gasteiger partial charge in [-0.25, -0.2) is 4.79 Å². The van der Waals surface area contributed by atoms with Gasteiger partial charge >= 0.3 is 5.97 Å². The van der Waals surface area contributed by atoms with E-state index in [0.717, 1.165) is 36.4 Å². The molecule has 0 amide bonds. The number of carbonyl (C=O) groups is 1. The molecule has 1 atom stereocenters. The molecule has 0 spiro atoms. The number of benzene rings is 1. The molecule has 0 radical (unpaired) electrons. The molecule has 6 nitrogen and oxygen atoms in total. The number of hydrogen-bond donors (Lipinski definition) is 2. The predicted octanol–water partition coefficient (Wildman–Crippen LogP) is 3.98. The molecule has 1 aliphatic rings. The highest BCUT2D eigenvalue weighted by Crippen LogP contribution is 2.39. The molecule has 0 aliphatic carbocycles. The van der Waals surface area contributed by atoms with Crippen molar-refractivity contribution in [2.45, 2.75) is 58.5 Å². The Hall–Kier alpha value is -2.50. The van der Waals surface area contributed by atoms with Crippen LogP contribution in [-0.4, -0.2) is 30.9 Å². The highest BCUT2D eigenvalue weighted by Gasteiger charge is 2.23. The summed E-state index contributed by atoms with van der Waals surface area (Å²) in [5.74, 6) is 0.670. The lowest BCUT2D eigenvalue weighted by molar-refractivity contribution is -0.145. The largest absolute Gasteiger partial charge is 0.493 e. The Labute approximate surface area is 161 Å². The highest BCUT2D eigenvalue weighted by atomic mass is 16.6. The van der Waals surface area contributed by atoms with Gasteiger partial charge in [0, 0.05) is 18.4 Å². The van der Waals surface area contributed by atoms with Crippen LogP contribution in [0.5, 0.6) is 5.75 Å². The number of nitrogens with zero attached hydrogens (tertiary/aromatic N) is 1. The van der Waals surface area contributed by atoms with Crippen LogP contribution in [-0.2, 0) is 9.53 Å². The minimum atomic E-state index is -0.544. The number of aliphatic imine (C=N–C) groups is 1. The number of anilines is 1. The number of nitrogens with one attached hydrogen (secondary N) is 1. The van der Waals surface area contributed by atoms with Gasteiger partial charge in [-0.3, -0.25) is 4.99 Å². The first-order chi connectivity index (χ1) is 12.8. The van der Waals surface area contributed by atoms with E-state index in [-0.39, 0.29) is 5.92 Å². The van der Waals surface area contributed by atoms with Gasteiger partial charge in [-0.05, 0) is 69.7 Å². The normalized spacial score (nSPS) is 17.3. The zero-order chi connectivity index (χ0) is 19.9. The van der Waals surface area contributed by atoms with Crippen molar-refractivity contribution in [1.82, 2.24) is 0 Å². The van der Waals surface area contributed by atoms with Crippen molar-refractivity contribution >= 4 is 17.9 Å². The van der Waals surface area contributed by atoms with Gasteiger partial charge in [0.1, 0.15) is 17.6 Å². The van der Waals surface area contributed by atoms with Crippen molar-refractivity contribution < 1.29 is 14.3 Å². The minimum Gasteiger partial charge on any atom is -0.493 e. The van der Waals surface area contributed by atoms with E-state index in [0.29, 0.717) is 18.7 Å². The zero-order valence-corrected chi connectivity index (χ0v) is 16.7. The third kappa shape index (κ3) is 6.62. The Bertz CT molecular complexity index is 705. The average Bonchev–Trinajstić information content (AvgIpc) is 2.62. The predicted molar refractivity (Wildman–Crippen MR) is 109 cm³/mol. The van der Waals surface area contributed by atoms with Crippen molar-refractivity contribution in [3.05, 3.63) is 35.7 Å². The summed E-state index contributed by atoms with van der Waals surface area (Å²) in [7, 11) is 0. The fraction of sp³-hybridized carbons (Fsp3) is 0.524. The van der Waals surface area contributed by atoms with Crippen molar-refractivity contribution in [3.63, 3.8) is 0 Å². The average molecular weight is 373 g/mol. The van der Waals surface area contributed by atoms with Gasteiger partial charge in [0.25, 0.3) is 0 Å². The molecule has 27 heavy (non-hydrogen) atoms. The molecule has 6 heteroatoms. The quantitative estimate of drug-likeness (QED) is 0.558. The van der Waals surface area contributed by atoms with Gasteiger partial charge in [0.2, 0.25) is 0 Å². The standard InChI is InChI=1S/C21H31N3O3/c1-5-9-23-16-6-7-19-18(12-16)15(8-10-26-19)11-17(13-22)24-14-20(25)27-21(2,3)4/h6-7,12-15,23H,5,8-11,22H2,1-4H3/b17-13-,24-14-. The molecule has 148 valence electrons. The van der Waals surface area contributed by atoms with E-state index in [4.69, 9.17) is 15.2 Å². The minimum absolute atomic E-state index is 0.239. The smallest absolute Gasteiger partial charge is 0.349 e. The highest BCUT2D eigenvalue weighted by molar-refractivity contribution is 6.23. The first kappa shape index (κ1) is 20.8. The van der Waals surface area contributed by atoms with E-state index in [1.54, 1.807) is 0 Å². The second-order valence-corrected chi connectivity index (χ2v) is 7.67. The Balaban J connectivity index is 2.09. The number of nitrogens with two attached hydrogens (primary N) is 1. The lowest BCUT2D eigenvalue weighted by Gasteiger charge is -2.26. The second-order valence-electron chi connectivity index (χ2n) is 7.67. The maximum absolute atomic E-state index is 11.8. The summed E-state index contributed by atoms with van der Waals surface area (Å²) in [6.45, 7) is 9.19. The van der Waals surface area contributed by atoms with E-state index in [9.17, 15) is 4.79 Å². The Morgan fingerprint density at radius 2 is 2.22 bits per heavy atom. The number of hydrogen-bond acceptors (Lipinski definition) is 6. The molecule has 0 bridgehead atoms. The van der Waals surface area contributed by atoms with Crippen LogP contribution in [0.25, 0.3) is 0 Å². The van der Waals surface area contributed by atoms with Gasteiger partial charge < -0.3 is 20.5 Å². The number of fused-ring (bicyclic) bond motifs is 1. The molecular weight excluding hydrogens is 342 g/mol. The lowest BCUT2D eigenvalue weighted by atomic mass is 9.89. The third-order valence-electron chi connectivity index (χ3n) is 4.14. The van der Waals surface area contributed by atoms with E-state index >= 15 is 0 Å². The molecule has 3 N–H and O–H groups in total. The molecule has 0 saturated carbocycles. The summed E-state index contributed by atoms with van der Waals surface area (Å²) >= 11 is 0. The van der Waals surface area contributed by atoms with E-state index in [1.807, 2.05) is 32.9 Å². The van der Waals surface area contributed by atoms with Crippen LogP contribution in [0.15, 0.2) is 35.1 Å². The van der Waals surface area contributed by atoms with Crippen LogP contribution in [0.2, 0.25) is 0 Å². The second kappa shape index (κ2) is 9.44. The van der Waals surface area contributed by atoms with Crippen LogP contribution in [0.1, 0.15) is 58.4 Å². The monoisotopic (exact) mass is 373 g/mol. The fourth-order valence-electron chi connectivity index (χ4n) is 2.94. The molecule has 1 aromatic carbocycles. The van der Waals surface area contributed by atoms with Gasteiger partial charge in [0.05, 0.1) is 12.3 Å². The lowest BCUT2D eigenvalue weighted by Crippen LogP contribution is -2.24. The zero-order valence-electron chi connectivity index (χ0n) is 16.7. The van der Waals surface area contributed by atoms with Crippen molar-refractivity contribution in [2.75, 3.05) is 18.5 Å². The molecule has 1 unspecified atom stereocenters. The number of esters is 1. The topological polar surface area (TPSA) is 85.9 Å². The number of allylic oxidation sites excluding steroid dienone is 1. The van der Waals surface area contributed by atoms with Crippen LogP contribution in [0, 0.1) is 0 Å². The molecule has 1 aliphatic heterocycles. The Morgan fingerprint density at radius 1 is 1.44 bits per heavy atom. The molecular formula is C21H31N3O3. The fourth-order valence-corrected chi connectivity index (χ4v) is 2.94. The molecule has 0 aromatic heterocycles. The summed E-state index contributed by atoms with van der Waals surface area (Å²) in [6.07, 6.45) is 5.24. The van der Waals surface area contributed by atoms with Crippen molar-refractivity contribution in [1.29, 1.82) is 0 Å². The van der Waals surface area contributed by atoms with Gasteiger partial charge in [-0.2, -0.15) is 0 Å². The van der Waals surface area contributed by atoms with Gasteiger partial charge in [0.15, 0.2) is 0 Å². The number of ether oxygens (including phenoxy) is 2. The Kier molecular flexibility index (Phi) is 7.28. The number of carbonyl (C=O) groups excluding carboxylic acids is 1. The maximum Gasteiger partial charge on any atom is 0.349 e. The summed E-state index contributed by atoms with van der Waals surface area (Å²) in [6, 6.07) is 6.19. The van der Waals surface area contributed by atoms with E-state index in [1.165, 1.54) is 12.4 Å². The van der Waals surface area contributed by atoms with Gasteiger partial charge in [-0.1, -0.05) is 6.92 Å². The van der Waals surface area contributed by atoms with E-state index < -0.39 is 11.6 Å². The van der Waals surface area contributed by atoms with Crippen LogP contribution in [0.4, 0.5) is 5.69 Å². The molecule has 1 heterocycles. The maximum atomic E-state index is 11.8. The van der Waals surface area contributed by atoms with Crippen LogP contribution < -0.4 is 15.8 Å². The van der Waals surface area contributed by atoms with Crippen LogP contribution >= 0.6 is 0 Å². The van der Waals surface area contributed by atoms with E-state index in [2.05, 4.69) is 23.3 Å². The number of rotatable bonds is 7. The van der Waals surface area contributed by atoms with Crippen molar-refractivity contribution in [2.24, 2.45) is 10.7 Å². The summed E-state index contributed by atoms with van der Waals surface area (Å²) in [5, 5.41) is 3.41. The van der Waals surface area contributed by atoms with Crippen molar-refractivity contribution in [3.8, 4) is 5.75 Å². The SMILES string of the molecule is CCCNc1ccc2c(c1)C(CC(=C/N)/N=C\C(=O)OC(C)(C)C)CCO2. The molecule has 0 saturated heterocycles. The van der Waals surface area contributed by atoms with Gasteiger partial charge in [-0.15, -0.1) is 0 Å². The molecule has 2 rings (SSSR count). The first-order valence-electron chi connectivity index (χ1n) is 9.51. The molecule has 1 aromatic rings. The Morgan fingerprint density at radius 3 is 2.89 bits per heavy atom. The first-order valence-corrected chi connectivity index (χ1v) is 9.51. The van der Waals surface area contributed by atoms with Crippen LogP contribution in [0.3, 0.4) is 0 Å². The third-order valence-corrected chi connectivity index (χ3v) is 4.14. The summed E-state index contributed by atoms with van der Waals surface area (Å²) in [4.78, 5) is 16.1. The summed E-state index contributed by atoms with van der Waals surface area (Å²) in [5.41, 5.74) is 8.09.